The molecule has 0 bridgehead atoms. The fourth-order valence-electron chi connectivity index (χ4n) is 3.14. The normalized spacial score (nSPS) is 21.8. The molecule has 6 heteroatoms. The molecule has 0 aromatic heterocycles. The molecule has 1 aliphatic heterocycles. The fraction of sp³-hybridized carbons (Fsp3) is 0.588. The van der Waals surface area contributed by atoms with Crippen molar-refractivity contribution in [2.24, 2.45) is 5.41 Å². The summed E-state index contributed by atoms with van der Waals surface area (Å²) in [5.41, 5.74) is -1.02. The van der Waals surface area contributed by atoms with Gasteiger partial charge < -0.3 is 10.0 Å². The number of hydrogen-bond acceptors (Lipinski definition) is 2. The van der Waals surface area contributed by atoms with Crippen LogP contribution in [0.15, 0.2) is 24.3 Å². The highest BCUT2D eigenvalue weighted by Gasteiger charge is 2.35. The maximum absolute atomic E-state index is 13.0. The van der Waals surface area contributed by atoms with E-state index in [1.165, 1.54) is 18.2 Å². The number of hydrogen-bond donors (Lipinski definition) is 1. The predicted molar refractivity (Wildman–Crippen MR) is 80.7 cm³/mol. The van der Waals surface area contributed by atoms with Crippen LogP contribution in [0, 0.1) is 5.41 Å². The highest BCUT2D eigenvalue weighted by Crippen LogP contribution is 2.33. The average molecular weight is 329 g/mol. The van der Waals surface area contributed by atoms with Crippen LogP contribution in [0.2, 0.25) is 0 Å². The summed E-state index contributed by atoms with van der Waals surface area (Å²) in [5, 5.41) is 9.88. The third kappa shape index (κ3) is 4.70. The Hall–Kier alpha value is -1.56. The standard InChI is InChI=1S/C17H22F3NO2/c1-16(2)10-13(22)7-8-21(11-16)15(23)9-12-5-3-4-6-14(12)17(18,19)20/h3-6,13,22H,7-11H2,1-2H3/t13-/m1/s1. The molecular weight excluding hydrogens is 307 g/mol. The zero-order valence-corrected chi connectivity index (χ0v) is 13.4. The Morgan fingerprint density at radius 3 is 2.65 bits per heavy atom. The number of benzene rings is 1. The molecular formula is C17H22F3NO2. The van der Waals surface area contributed by atoms with Gasteiger partial charge in [-0.3, -0.25) is 4.79 Å². The van der Waals surface area contributed by atoms with E-state index in [9.17, 15) is 23.1 Å². The Bertz CT molecular complexity index is 569. The summed E-state index contributed by atoms with van der Waals surface area (Å²) in [7, 11) is 0. The van der Waals surface area contributed by atoms with Crippen LogP contribution >= 0.6 is 0 Å². The number of aliphatic hydroxyl groups excluding tert-OH is 1. The van der Waals surface area contributed by atoms with Crippen molar-refractivity contribution in [2.45, 2.75) is 45.4 Å². The molecule has 23 heavy (non-hydrogen) atoms. The molecule has 0 aliphatic carbocycles. The second kappa shape index (κ2) is 6.51. The van der Waals surface area contributed by atoms with Gasteiger partial charge in [-0.2, -0.15) is 13.2 Å². The molecule has 1 aromatic rings. The molecule has 1 aromatic carbocycles. The minimum Gasteiger partial charge on any atom is -0.393 e. The number of likely N-dealkylation sites (tertiary alicyclic amines) is 1. The largest absolute Gasteiger partial charge is 0.416 e. The van der Waals surface area contributed by atoms with Gasteiger partial charge in [-0.05, 0) is 29.9 Å². The van der Waals surface area contributed by atoms with Crippen LogP contribution in [0.25, 0.3) is 0 Å². The highest BCUT2D eigenvalue weighted by molar-refractivity contribution is 5.79. The van der Waals surface area contributed by atoms with E-state index in [0.717, 1.165) is 6.07 Å². The minimum atomic E-state index is -4.47. The van der Waals surface area contributed by atoms with Crippen molar-refractivity contribution < 1.29 is 23.1 Å². The maximum atomic E-state index is 13.0. The Labute approximate surface area is 134 Å². The molecule has 2 rings (SSSR count). The Balaban J connectivity index is 2.16. The van der Waals surface area contributed by atoms with E-state index in [2.05, 4.69) is 0 Å². The first-order valence-electron chi connectivity index (χ1n) is 7.69. The Morgan fingerprint density at radius 2 is 2.00 bits per heavy atom. The van der Waals surface area contributed by atoms with E-state index in [4.69, 9.17) is 0 Å². The molecule has 1 fully saturated rings. The highest BCUT2D eigenvalue weighted by atomic mass is 19.4. The van der Waals surface area contributed by atoms with Crippen molar-refractivity contribution in [3.63, 3.8) is 0 Å². The van der Waals surface area contributed by atoms with Gasteiger partial charge >= 0.3 is 6.18 Å². The monoisotopic (exact) mass is 329 g/mol. The minimum absolute atomic E-state index is 0.00685. The number of aliphatic hydroxyl groups is 1. The van der Waals surface area contributed by atoms with E-state index in [1.54, 1.807) is 4.90 Å². The zero-order chi connectivity index (χ0) is 17.3. The SMILES string of the molecule is CC1(C)C[C@H](O)CCN(C(=O)Cc2ccccc2C(F)(F)F)C1. The molecule has 1 aliphatic rings. The van der Waals surface area contributed by atoms with Crippen molar-refractivity contribution in [3.05, 3.63) is 35.4 Å². The first-order valence-corrected chi connectivity index (χ1v) is 7.69. The molecule has 0 unspecified atom stereocenters. The number of carbonyl (C=O) groups excluding carboxylic acids is 1. The zero-order valence-electron chi connectivity index (χ0n) is 13.4. The van der Waals surface area contributed by atoms with Crippen molar-refractivity contribution in [3.8, 4) is 0 Å². The van der Waals surface area contributed by atoms with Crippen LogP contribution in [0.1, 0.15) is 37.8 Å². The summed E-state index contributed by atoms with van der Waals surface area (Å²) in [4.78, 5) is 14.0. The molecule has 1 heterocycles. The number of carbonyl (C=O) groups is 1. The number of halogens is 3. The van der Waals surface area contributed by atoms with Gasteiger partial charge in [-0.25, -0.2) is 0 Å². The lowest BCUT2D eigenvalue weighted by atomic mass is 9.87. The summed E-state index contributed by atoms with van der Waals surface area (Å²) < 4.78 is 39.1. The average Bonchev–Trinajstić information content (AvgIpc) is 2.55. The molecule has 1 saturated heterocycles. The van der Waals surface area contributed by atoms with E-state index in [1.807, 2.05) is 13.8 Å². The van der Waals surface area contributed by atoms with E-state index < -0.39 is 17.8 Å². The third-order valence-electron chi connectivity index (χ3n) is 4.16. The molecule has 0 radical (unpaired) electrons. The summed E-state index contributed by atoms with van der Waals surface area (Å²) in [6, 6.07) is 5.17. The lowest BCUT2D eigenvalue weighted by Crippen LogP contribution is -2.38. The first kappa shape index (κ1) is 17.8. The Kier molecular flexibility index (Phi) is 5.04. The number of alkyl halides is 3. The summed E-state index contributed by atoms with van der Waals surface area (Å²) in [6.45, 7) is 4.71. The van der Waals surface area contributed by atoms with Gasteiger partial charge in [0, 0.05) is 13.1 Å². The Morgan fingerprint density at radius 1 is 1.35 bits per heavy atom. The van der Waals surface area contributed by atoms with Crippen LogP contribution < -0.4 is 0 Å². The molecule has 0 spiro atoms. The van der Waals surface area contributed by atoms with Gasteiger partial charge in [0.1, 0.15) is 0 Å². The van der Waals surface area contributed by atoms with Gasteiger partial charge in [-0.1, -0.05) is 32.0 Å². The van der Waals surface area contributed by atoms with Crippen LogP contribution in [0.3, 0.4) is 0 Å². The van der Waals surface area contributed by atoms with Crippen molar-refractivity contribution in [1.82, 2.24) is 4.90 Å². The van der Waals surface area contributed by atoms with Gasteiger partial charge in [0.15, 0.2) is 0 Å². The van der Waals surface area contributed by atoms with Crippen LogP contribution in [0.5, 0.6) is 0 Å². The van der Waals surface area contributed by atoms with Crippen molar-refractivity contribution in [2.75, 3.05) is 13.1 Å². The molecule has 128 valence electrons. The van der Waals surface area contributed by atoms with Crippen molar-refractivity contribution in [1.29, 1.82) is 0 Å². The fourth-order valence-corrected chi connectivity index (χ4v) is 3.14. The summed E-state index contributed by atoms with van der Waals surface area (Å²) >= 11 is 0. The molecule has 1 N–H and O–H groups in total. The second-order valence-electron chi connectivity index (χ2n) is 6.96. The number of rotatable bonds is 2. The van der Waals surface area contributed by atoms with E-state index in [-0.39, 0.29) is 23.3 Å². The van der Waals surface area contributed by atoms with Gasteiger partial charge in [0.25, 0.3) is 0 Å². The topological polar surface area (TPSA) is 40.5 Å². The lowest BCUT2D eigenvalue weighted by molar-refractivity contribution is -0.138. The first-order chi connectivity index (χ1) is 10.6. The van der Waals surface area contributed by atoms with Gasteiger partial charge in [-0.15, -0.1) is 0 Å². The van der Waals surface area contributed by atoms with Gasteiger partial charge in [0.05, 0.1) is 18.1 Å². The molecule has 3 nitrogen and oxygen atoms in total. The summed E-state index contributed by atoms with van der Waals surface area (Å²) in [6.07, 6.45) is -4.19. The lowest BCUT2D eigenvalue weighted by Gasteiger charge is -2.30. The second-order valence-corrected chi connectivity index (χ2v) is 6.96. The van der Waals surface area contributed by atoms with Crippen LogP contribution in [-0.4, -0.2) is 35.1 Å². The predicted octanol–water partition coefficient (Wildman–Crippen LogP) is 3.26. The van der Waals surface area contributed by atoms with Crippen molar-refractivity contribution >= 4 is 5.91 Å². The van der Waals surface area contributed by atoms with Gasteiger partial charge in [0.2, 0.25) is 5.91 Å². The van der Waals surface area contributed by atoms with E-state index >= 15 is 0 Å². The quantitative estimate of drug-likeness (QED) is 0.905. The van der Waals surface area contributed by atoms with Crippen LogP contribution in [-0.2, 0) is 17.4 Å². The van der Waals surface area contributed by atoms with Crippen LogP contribution in [0.4, 0.5) is 13.2 Å². The molecule has 1 amide bonds. The molecule has 1 atom stereocenters. The summed E-state index contributed by atoms with van der Waals surface area (Å²) in [5.74, 6) is -0.330. The smallest absolute Gasteiger partial charge is 0.393 e. The number of nitrogens with zero attached hydrogens (tertiary/aromatic N) is 1. The number of amides is 1. The third-order valence-corrected chi connectivity index (χ3v) is 4.16. The van der Waals surface area contributed by atoms with E-state index in [0.29, 0.717) is 25.9 Å². The maximum Gasteiger partial charge on any atom is 0.416 e. The molecule has 0 saturated carbocycles.